The van der Waals surface area contributed by atoms with Gasteiger partial charge in [-0.15, -0.1) is 0 Å². The normalized spacial score (nSPS) is 30.2. The van der Waals surface area contributed by atoms with E-state index >= 15 is 0 Å². The fraction of sp³-hybridized carbons (Fsp3) is 0.889. The summed E-state index contributed by atoms with van der Waals surface area (Å²) in [6, 6.07) is 0. The summed E-state index contributed by atoms with van der Waals surface area (Å²) in [5.74, 6) is 0.967. The van der Waals surface area contributed by atoms with Gasteiger partial charge in [-0.2, -0.15) is 0 Å². The number of hydrogen-bond acceptors (Lipinski definition) is 2. The molecule has 0 atom stereocenters. The third-order valence-electron chi connectivity index (χ3n) is 2.34. The fourth-order valence-corrected chi connectivity index (χ4v) is 1.39. The Morgan fingerprint density at radius 3 is 2.45 bits per heavy atom. The van der Waals surface area contributed by atoms with Gasteiger partial charge in [-0.25, -0.2) is 0 Å². The van der Waals surface area contributed by atoms with E-state index in [0.29, 0.717) is 18.1 Å². The molecule has 64 valence electrons. The van der Waals surface area contributed by atoms with Crippen LogP contribution in [0.1, 0.15) is 33.1 Å². The Morgan fingerprint density at radius 1 is 1.55 bits per heavy atom. The van der Waals surface area contributed by atoms with E-state index in [-0.39, 0.29) is 12.0 Å². The van der Waals surface area contributed by atoms with E-state index in [0.717, 1.165) is 12.8 Å². The van der Waals surface area contributed by atoms with Crippen LogP contribution in [-0.4, -0.2) is 17.0 Å². The highest BCUT2D eigenvalue weighted by molar-refractivity contribution is 5.80. The summed E-state index contributed by atoms with van der Waals surface area (Å²) in [4.78, 5) is 11.2. The van der Waals surface area contributed by atoms with Crippen molar-refractivity contribution < 1.29 is 9.90 Å². The van der Waals surface area contributed by atoms with Gasteiger partial charge in [0.15, 0.2) is 0 Å². The van der Waals surface area contributed by atoms with Crippen molar-refractivity contribution in [2.75, 3.05) is 0 Å². The van der Waals surface area contributed by atoms with Crippen molar-refractivity contribution in [1.29, 1.82) is 0 Å². The molecule has 0 amide bonds. The lowest BCUT2D eigenvalue weighted by molar-refractivity contribution is -0.124. The Balaban J connectivity index is 2.17. The molecule has 0 spiro atoms. The highest BCUT2D eigenvalue weighted by Crippen LogP contribution is 2.30. The second kappa shape index (κ2) is 3.35. The van der Waals surface area contributed by atoms with Crippen molar-refractivity contribution in [3.63, 3.8) is 0 Å². The number of carbonyl (C=O) groups is 1. The van der Waals surface area contributed by atoms with Crippen LogP contribution in [0.3, 0.4) is 0 Å². The van der Waals surface area contributed by atoms with Crippen LogP contribution in [0.2, 0.25) is 0 Å². The van der Waals surface area contributed by atoms with Crippen LogP contribution in [0, 0.1) is 11.8 Å². The van der Waals surface area contributed by atoms with Crippen LogP contribution in [0.15, 0.2) is 0 Å². The number of ketones is 1. The molecule has 1 aliphatic carbocycles. The zero-order chi connectivity index (χ0) is 8.43. The minimum Gasteiger partial charge on any atom is -0.393 e. The van der Waals surface area contributed by atoms with Gasteiger partial charge in [-0.1, -0.05) is 13.8 Å². The maximum absolute atomic E-state index is 11.2. The van der Waals surface area contributed by atoms with E-state index in [2.05, 4.69) is 0 Å². The third kappa shape index (κ3) is 2.29. The molecule has 11 heavy (non-hydrogen) atoms. The molecule has 1 N–H and O–H groups in total. The predicted molar refractivity (Wildman–Crippen MR) is 43.2 cm³/mol. The first-order chi connectivity index (χ1) is 5.09. The van der Waals surface area contributed by atoms with Crippen molar-refractivity contribution in [2.24, 2.45) is 11.8 Å². The van der Waals surface area contributed by atoms with Gasteiger partial charge in [0.2, 0.25) is 0 Å². The number of aliphatic hydroxyl groups excluding tert-OH is 1. The molecular formula is C9H16O2. The molecule has 0 aromatic rings. The van der Waals surface area contributed by atoms with E-state index in [1.54, 1.807) is 0 Å². The Bertz CT molecular complexity index is 146. The third-order valence-corrected chi connectivity index (χ3v) is 2.34. The second-order valence-corrected chi connectivity index (χ2v) is 3.82. The van der Waals surface area contributed by atoms with Crippen molar-refractivity contribution >= 4 is 5.78 Å². The van der Waals surface area contributed by atoms with E-state index in [1.165, 1.54) is 0 Å². The van der Waals surface area contributed by atoms with Crippen LogP contribution < -0.4 is 0 Å². The molecule has 0 bridgehead atoms. The Labute approximate surface area is 67.6 Å². The molecule has 0 aromatic carbocycles. The molecule has 1 aliphatic rings. The molecule has 1 fully saturated rings. The molecule has 0 radical (unpaired) electrons. The van der Waals surface area contributed by atoms with E-state index in [1.807, 2.05) is 13.8 Å². The lowest BCUT2D eigenvalue weighted by atomic mass is 9.78. The molecular weight excluding hydrogens is 140 g/mol. The maximum Gasteiger partial charge on any atom is 0.135 e. The quantitative estimate of drug-likeness (QED) is 0.670. The van der Waals surface area contributed by atoms with Crippen LogP contribution in [-0.2, 0) is 4.79 Å². The van der Waals surface area contributed by atoms with Crippen LogP contribution in [0.4, 0.5) is 0 Å². The molecule has 0 saturated heterocycles. The van der Waals surface area contributed by atoms with Gasteiger partial charge in [0.05, 0.1) is 6.10 Å². The predicted octanol–water partition coefficient (Wildman–Crippen LogP) is 1.37. The first-order valence-electron chi connectivity index (χ1n) is 4.30. The number of aliphatic hydroxyl groups is 1. The number of hydrogen-bond donors (Lipinski definition) is 1. The largest absolute Gasteiger partial charge is 0.393 e. The van der Waals surface area contributed by atoms with Gasteiger partial charge in [0.1, 0.15) is 5.78 Å². The van der Waals surface area contributed by atoms with Crippen molar-refractivity contribution in [3.05, 3.63) is 0 Å². The van der Waals surface area contributed by atoms with Crippen molar-refractivity contribution in [3.8, 4) is 0 Å². The Kier molecular flexibility index (Phi) is 2.66. The molecule has 2 heteroatoms. The van der Waals surface area contributed by atoms with Crippen LogP contribution in [0.25, 0.3) is 0 Å². The summed E-state index contributed by atoms with van der Waals surface area (Å²) in [6.45, 7) is 3.86. The summed E-state index contributed by atoms with van der Waals surface area (Å²) in [5.41, 5.74) is 0. The average molecular weight is 156 g/mol. The zero-order valence-electron chi connectivity index (χ0n) is 7.21. The second-order valence-electron chi connectivity index (χ2n) is 3.82. The van der Waals surface area contributed by atoms with Crippen molar-refractivity contribution in [1.82, 2.24) is 0 Å². The first-order valence-corrected chi connectivity index (χ1v) is 4.30. The minimum absolute atomic E-state index is 0.125. The van der Waals surface area contributed by atoms with Gasteiger partial charge in [-0.3, -0.25) is 4.79 Å². The van der Waals surface area contributed by atoms with Gasteiger partial charge >= 0.3 is 0 Å². The van der Waals surface area contributed by atoms with Gasteiger partial charge < -0.3 is 5.11 Å². The number of Topliss-reactive ketones (excluding diaryl/α,β-unsaturated/α-hetero) is 1. The highest BCUT2D eigenvalue weighted by atomic mass is 16.3. The van der Waals surface area contributed by atoms with Gasteiger partial charge in [0, 0.05) is 12.3 Å². The van der Waals surface area contributed by atoms with E-state index in [9.17, 15) is 4.79 Å². The van der Waals surface area contributed by atoms with E-state index in [4.69, 9.17) is 5.11 Å². The lowest BCUT2D eigenvalue weighted by Crippen LogP contribution is -2.30. The van der Waals surface area contributed by atoms with Gasteiger partial charge in [0.25, 0.3) is 0 Å². The summed E-state index contributed by atoms with van der Waals surface area (Å²) < 4.78 is 0. The first kappa shape index (κ1) is 8.72. The summed E-state index contributed by atoms with van der Waals surface area (Å²) in [5, 5.41) is 8.96. The summed E-state index contributed by atoms with van der Waals surface area (Å²) in [7, 11) is 0. The maximum atomic E-state index is 11.2. The van der Waals surface area contributed by atoms with E-state index < -0.39 is 0 Å². The van der Waals surface area contributed by atoms with Crippen molar-refractivity contribution in [2.45, 2.75) is 39.2 Å². The SMILES string of the molecule is CC(C)C(=O)CC1CC(O)C1. The van der Waals surface area contributed by atoms with Crippen LogP contribution in [0.5, 0.6) is 0 Å². The molecule has 2 nitrogen and oxygen atoms in total. The molecule has 0 aromatic heterocycles. The molecule has 1 saturated carbocycles. The lowest BCUT2D eigenvalue weighted by Gasteiger charge is -2.31. The topological polar surface area (TPSA) is 37.3 Å². The summed E-state index contributed by atoms with van der Waals surface area (Å²) in [6.07, 6.45) is 2.21. The summed E-state index contributed by atoms with van der Waals surface area (Å²) >= 11 is 0. The smallest absolute Gasteiger partial charge is 0.135 e. The van der Waals surface area contributed by atoms with Crippen LogP contribution >= 0.6 is 0 Å². The zero-order valence-corrected chi connectivity index (χ0v) is 7.21. The Hall–Kier alpha value is -0.370. The Morgan fingerprint density at radius 2 is 2.09 bits per heavy atom. The average Bonchev–Trinajstić information content (AvgIpc) is 1.84. The monoisotopic (exact) mass is 156 g/mol. The number of carbonyl (C=O) groups excluding carboxylic acids is 1. The fourth-order valence-electron chi connectivity index (χ4n) is 1.39. The highest BCUT2D eigenvalue weighted by Gasteiger charge is 2.29. The molecule has 0 heterocycles. The molecule has 0 unspecified atom stereocenters. The minimum atomic E-state index is -0.125. The molecule has 1 rings (SSSR count). The number of rotatable bonds is 3. The standard InChI is InChI=1S/C9H16O2/c1-6(2)9(11)5-7-3-8(10)4-7/h6-8,10H,3-5H2,1-2H3. The molecule has 0 aliphatic heterocycles. The van der Waals surface area contributed by atoms with Gasteiger partial charge in [-0.05, 0) is 18.8 Å².